The molecule has 2 N–H and O–H groups in total. The van der Waals surface area contributed by atoms with Gasteiger partial charge in [-0.05, 0) is 39.0 Å². The van der Waals surface area contributed by atoms with Crippen LogP contribution in [0.2, 0.25) is 0 Å². The minimum Gasteiger partial charge on any atom is -0.598 e. The average Bonchev–Trinajstić information content (AvgIpc) is 2.44. The number of aromatic nitrogens is 2. The van der Waals surface area contributed by atoms with Gasteiger partial charge in [0.15, 0.2) is 6.04 Å². The lowest BCUT2D eigenvalue weighted by atomic mass is 10.1. The maximum Gasteiger partial charge on any atom is 0.272 e. The molecule has 9 heteroatoms. The molecular formula is C14H16BrF2N3O2S. The van der Waals surface area contributed by atoms with Crippen LogP contribution in [0.25, 0.3) is 10.8 Å². The molecule has 0 saturated heterocycles. The van der Waals surface area contributed by atoms with E-state index in [4.69, 9.17) is 0 Å². The largest absolute Gasteiger partial charge is 0.598 e. The zero-order chi connectivity index (χ0) is 17.4. The Hall–Kier alpha value is -1.03. The summed E-state index contributed by atoms with van der Waals surface area (Å²) in [7, 11) is 0. The van der Waals surface area contributed by atoms with Crippen molar-refractivity contribution in [3.05, 3.63) is 38.7 Å². The lowest BCUT2D eigenvalue weighted by Crippen LogP contribution is -2.43. The number of hydrogen-bond donors (Lipinski definition) is 2. The summed E-state index contributed by atoms with van der Waals surface area (Å²) >= 11 is 1.54. The third-order valence-electron chi connectivity index (χ3n) is 3.12. The molecule has 0 aliphatic heterocycles. The Morgan fingerprint density at radius 3 is 2.57 bits per heavy atom. The van der Waals surface area contributed by atoms with E-state index in [9.17, 15) is 18.1 Å². The number of rotatable bonds is 4. The molecule has 2 aromatic rings. The second kappa shape index (κ2) is 6.84. The van der Waals surface area contributed by atoms with Crippen LogP contribution in [-0.2, 0) is 11.4 Å². The molecule has 0 aliphatic carbocycles. The van der Waals surface area contributed by atoms with Gasteiger partial charge in [0.05, 0.1) is 11.1 Å². The molecule has 126 valence electrons. The monoisotopic (exact) mass is 407 g/mol. The molecule has 2 unspecified atom stereocenters. The van der Waals surface area contributed by atoms with Gasteiger partial charge in [-0.3, -0.25) is 4.79 Å². The summed E-state index contributed by atoms with van der Waals surface area (Å²) < 4.78 is 41.6. The molecule has 0 bridgehead atoms. The maximum absolute atomic E-state index is 13.5. The van der Waals surface area contributed by atoms with Crippen molar-refractivity contribution in [2.24, 2.45) is 0 Å². The highest BCUT2D eigenvalue weighted by Crippen LogP contribution is 2.29. The van der Waals surface area contributed by atoms with Gasteiger partial charge in [0, 0.05) is 21.2 Å². The van der Waals surface area contributed by atoms with E-state index in [0.29, 0.717) is 4.47 Å². The van der Waals surface area contributed by atoms with Gasteiger partial charge in [-0.1, -0.05) is 15.9 Å². The first-order valence-electron chi connectivity index (χ1n) is 6.75. The first kappa shape index (κ1) is 18.3. The van der Waals surface area contributed by atoms with E-state index < -0.39 is 34.1 Å². The van der Waals surface area contributed by atoms with Crippen LogP contribution in [0.5, 0.6) is 0 Å². The highest BCUT2D eigenvalue weighted by atomic mass is 79.9. The van der Waals surface area contributed by atoms with Crippen LogP contribution in [0.4, 0.5) is 8.78 Å². The lowest BCUT2D eigenvalue weighted by molar-refractivity contribution is 0.107. The Kier molecular flexibility index (Phi) is 5.44. The average molecular weight is 408 g/mol. The van der Waals surface area contributed by atoms with Crippen LogP contribution in [0.1, 0.15) is 32.5 Å². The standard InChI is InChI=1S/C14H16BrF2N3O2S/c1-14(2,3)23(22)20-11(12(16)17)10-9-6-7(15)4-5-8(9)13(21)19-18-10/h4-6,11-12,20H,1-3H3,(H,19,21). The van der Waals surface area contributed by atoms with Gasteiger partial charge >= 0.3 is 0 Å². The Balaban J connectivity index is 2.56. The van der Waals surface area contributed by atoms with E-state index in [1.807, 2.05) is 0 Å². The number of nitrogens with one attached hydrogen (secondary N) is 2. The molecule has 0 radical (unpaired) electrons. The lowest BCUT2D eigenvalue weighted by Gasteiger charge is -2.27. The van der Waals surface area contributed by atoms with Crippen molar-refractivity contribution in [2.75, 3.05) is 0 Å². The smallest absolute Gasteiger partial charge is 0.272 e. The van der Waals surface area contributed by atoms with Crippen molar-refractivity contribution in [3.63, 3.8) is 0 Å². The Labute approximate surface area is 143 Å². The molecule has 2 rings (SSSR count). The SMILES string of the molecule is CC(C)(C)[S+]([O-])NC(c1n[nH]c(=O)c2ccc(Br)cc12)C(F)F. The van der Waals surface area contributed by atoms with Crippen molar-refractivity contribution in [1.29, 1.82) is 0 Å². The Morgan fingerprint density at radius 2 is 2.00 bits per heavy atom. The summed E-state index contributed by atoms with van der Waals surface area (Å²) in [6.07, 6.45) is -2.85. The molecule has 2 atom stereocenters. The predicted molar refractivity (Wildman–Crippen MR) is 89.8 cm³/mol. The second-order valence-electron chi connectivity index (χ2n) is 5.94. The second-order valence-corrected chi connectivity index (χ2v) is 8.85. The van der Waals surface area contributed by atoms with Gasteiger partial charge in [0.25, 0.3) is 12.0 Å². The Bertz CT molecular complexity index is 764. The molecule has 1 aromatic heterocycles. The molecule has 0 spiro atoms. The molecular weight excluding hydrogens is 392 g/mol. The third-order valence-corrected chi connectivity index (χ3v) is 5.19. The first-order valence-corrected chi connectivity index (χ1v) is 8.69. The van der Waals surface area contributed by atoms with Crippen molar-refractivity contribution in [3.8, 4) is 0 Å². The molecule has 5 nitrogen and oxygen atoms in total. The van der Waals surface area contributed by atoms with Crippen molar-refractivity contribution in [2.45, 2.75) is 38.0 Å². The van der Waals surface area contributed by atoms with E-state index in [2.05, 4.69) is 30.8 Å². The van der Waals surface area contributed by atoms with Crippen LogP contribution < -0.4 is 10.3 Å². The number of benzene rings is 1. The number of H-pyrrole nitrogens is 1. The zero-order valence-electron chi connectivity index (χ0n) is 12.7. The molecule has 23 heavy (non-hydrogen) atoms. The summed E-state index contributed by atoms with van der Waals surface area (Å²) in [5.74, 6) is 0. The fraction of sp³-hybridized carbons (Fsp3) is 0.429. The summed E-state index contributed by atoms with van der Waals surface area (Å²) in [5, 5.41) is 6.51. The van der Waals surface area contributed by atoms with Gasteiger partial charge in [-0.25, -0.2) is 13.9 Å². The van der Waals surface area contributed by atoms with E-state index in [0.717, 1.165) is 0 Å². The van der Waals surface area contributed by atoms with E-state index in [-0.39, 0.29) is 16.5 Å². The van der Waals surface area contributed by atoms with Crippen molar-refractivity contribution in [1.82, 2.24) is 14.9 Å². The predicted octanol–water partition coefficient (Wildman–Crippen LogP) is 3.04. The van der Waals surface area contributed by atoms with Crippen LogP contribution >= 0.6 is 15.9 Å². The summed E-state index contributed by atoms with van der Waals surface area (Å²) in [6.45, 7) is 5.02. The minimum absolute atomic E-state index is 0.0477. The van der Waals surface area contributed by atoms with Crippen LogP contribution in [0.3, 0.4) is 0 Å². The number of fused-ring (bicyclic) bond motifs is 1. The molecule has 0 fully saturated rings. The van der Waals surface area contributed by atoms with Gasteiger partial charge in [0.1, 0.15) is 4.75 Å². The van der Waals surface area contributed by atoms with E-state index in [1.165, 1.54) is 6.07 Å². The molecule has 1 heterocycles. The van der Waals surface area contributed by atoms with Gasteiger partial charge in [0.2, 0.25) is 0 Å². The fourth-order valence-electron chi connectivity index (χ4n) is 1.91. The van der Waals surface area contributed by atoms with E-state index >= 15 is 0 Å². The minimum atomic E-state index is -2.85. The van der Waals surface area contributed by atoms with Crippen LogP contribution in [-0.4, -0.2) is 25.9 Å². The molecule has 0 aliphatic rings. The molecule has 1 aromatic carbocycles. The number of alkyl halides is 2. The highest BCUT2D eigenvalue weighted by Gasteiger charge is 2.36. The highest BCUT2D eigenvalue weighted by molar-refractivity contribution is 9.10. The third kappa shape index (κ3) is 4.09. The van der Waals surface area contributed by atoms with Crippen LogP contribution in [0, 0.1) is 0 Å². The Morgan fingerprint density at radius 1 is 1.35 bits per heavy atom. The topological polar surface area (TPSA) is 80.8 Å². The summed E-state index contributed by atoms with van der Waals surface area (Å²) in [5.41, 5.74) is -0.519. The van der Waals surface area contributed by atoms with Crippen LogP contribution in [0.15, 0.2) is 27.5 Å². The van der Waals surface area contributed by atoms with Gasteiger partial charge in [-0.2, -0.15) is 5.10 Å². The van der Waals surface area contributed by atoms with Crippen molar-refractivity contribution >= 4 is 38.1 Å². The quantitative estimate of drug-likeness (QED) is 0.763. The number of aromatic amines is 1. The normalized spacial score (nSPS) is 15.1. The molecule has 0 amide bonds. The zero-order valence-corrected chi connectivity index (χ0v) is 15.1. The number of hydrogen-bond acceptors (Lipinski definition) is 4. The summed E-state index contributed by atoms with van der Waals surface area (Å²) in [6, 6.07) is 3.14. The van der Waals surface area contributed by atoms with Gasteiger partial charge < -0.3 is 4.55 Å². The number of nitrogens with zero attached hydrogens (tertiary/aromatic N) is 1. The van der Waals surface area contributed by atoms with Gasteiger partial charge in [-0.15, -0.1) is 4.72 Å². The maximum atomic E-state index is 13.5. The fourth-order valence-corrected chi connectivity index (χ4v) is 3.07. The number of halogens is 3. The first-order chi connectivity index (χ1) is 10.6. The molecule has 0 saturated carbocycles. The van der Waals surface area contributed by atoms with E-state index in [1.54, 1.807) is 32.9 Å². The summed E-state index contributed by atoms with van der Waals surface area (Å²) in [4.78, 5) is 11.8. The van der Waals surface area contributed by atoms with Crippen molar-refractivity contribution < 1.29 is 13.3 Å².